The molecular weight excluding hydrogens is 276 g/mol. The SMILES string of the molecule is CCCCN(CC)C(=O)N1C(C(=O)O)CSC1C1CC1. The molecule has 2 atom stereocenters. The number of carbonyl (C=O) groups is 2. The van der Waals surface area contributed by atoms with Gasteiger partial charge in [-0.25, -0.2) is 9.59 Å². The number of unbranched alkanes of at least 4 members (excludes halogenated alkanes) is 1. The molecule has 2 amide bonds. The minimum Gasteiger partial charge on any atom is -0.480 e. The minimum absolute atomic E-state index is 0.0688. The van der Waals surface area contributed by atoms with Gasteiger partial charge in [0.25, 0.3) is 0 Å². The molecule has 5 nitrogen and oxygen atoms in total. The molecule has 2 aliphatic rings. The smallest absolute Gasteiger partial charge is 0.327 e. The molecule has 1 saturated carbocycles. The average molecular weight is 300 g/mol. The second kappa shape index (κ2) is 6.70. The molecule has 0 aromatic rings. The fraction of sp³-hybridized carbons (Fsp3) is 0.857. The Bertz CT molecular complexity index is 373. The van der Waals surface area contributed by atoms with Gasteiger partial charge in [0, 0.05) is 18.8 Å². The summed E-state index contributed by atoms with van der Waals surface area (Å²) in [5.41, 5.74) is 0. The molecule has 20 heavy (non-hydrogen) atoms. The van der Waals surface area contributed by atoms with Gasteiger partial charge in [-0.3, -0.25) is 4.90 Å². The topological polar surface area (TPSA) is 60.9 Å². The van der Waals surface area contributed by atoms with Crippen LogP contribution in [-0.2, 0) is 4.79 Å². The van der Waals surface area contributed by atoms with Crippen molar-refractivity contribution in [1.82, 2.24) is 9.80 Å². The van der Waals surface area contributed by atoms with Crippen LogP contribution in [0.3, 0.4) is 0 Å². The third-order valence-corrected chi connectivity index (χ3v) is 5.46. The lowest BCUT2D eigenvalue weighted by molar-refractivity contribution is -0.141. The van der Waals surface area contributed by atoms with Crippen molar-refractivity contribution in [2.24, 2.45) is 5.92 Å². The Kier molecular flexibility index (Phi) is 5.18. The van der Waals surface area contributed by atoms with Crippen molar-refractivity contribution in [2.75, 3.05) is 18.8 Å². The van der Waals surface area contributed by atoms with Crippen molar-refractivity contribution < 1.29 is 14.7 Å². The monoisotopic (exact) mass is 300 g/mol. The number of carbonyl (C=O) groups excluding carboxylic acids is 1. The predicted molar refractivity (Wildman–Crippen MR) is 79.8 cm³/mol. The van der Waals surface area contributed by atoms with Crippen LogP contribution in [0.15, 0.2) is 0 Å². The van der Waals surface area contributed by atoms with Crippen LogP contribution in [0.2, 0.25) is 0 Å². The largest absolute Gasteiger partial charge is 0.480 e. The molecule has 0 bridgehead atoms. The average Bonchev–Trinajstić information content (AvgIpc) is 3.17. The summed E-state index contributed by atoms with van der Waals surface area (Å²) in [5.74, 6) is 0.145. The molecule has 1 N–H and O–H groups in total. The van der Waals surface area contributed by atoms with E-state index in [0.29, 0.717) is 18.2 Å². The van der Waals surface area contributed by atoms with Crippen molar-refractivity contribution >= 4 is 23.8 Å². The highest BCUT2D eigenvalue weighted by Crippen LogP contribution is 2.45. The van der Waals surface area contributed by atoms with Crippen LogP contribution in [0.4, 0.5) is 4.79 Å². The first-order valence-corrected chi connectivity index (χ1v) is 8.56. The quantitative estimate of drug-likeness (QED) is 0.818. The second-order valence-corrected chi connectivity index (χ2v) is 6.69. The minimum atomic E-state index is -0.874. The van der Waals surface area contributed by atoms with E-state index in [4.69, 9.17) is 0 Å². The van der Waals surface area contributed by atoms with E-state index in [2.05, 4.69) is 6.92 Å². The van der Waals surface area contributed by atoms with E-state index in [9.17, 15) is 14.7 Å². The molecule has 114 valence electrons. The van der Waals surface area contributed by atoms with Gasteiger partial charge in [0.15, 0.2) is 0 Å². The lowest BCUT2D eigenvalue weighted by Crippen LogP contribution is -2.52. The summed E-state index contributed by atoms with van der Waals surface area (Å²) < 4.78 is 0. The van der Waals surface area contributed by atoms with E-state index in [0.717, 1.165) is 32.2 Å². The standard InChI is InChI=1S/C14H24N2O3S/c1-3-5-8-15(4-2)14(19)16-11(13(17)18)9-20-12(16)10-6-7-10/h10-12H,3-9H2,1-2H3,(H,17,18). The van der Waals surface area contributed by atoms with Crippen LogP contribution in [0.25, 0.3) is 0 Å². The predicted octanol–water partition coefficient (Wildman–Crippen LogP) is 2.47. The normalized spacial score (nSPS) is 25.8. The molecule has 1 aliphatic carbocycles. The van der Waals surface area contributed by atoms with Gasteiger partial charge >= 0.3 is 12.0 Å². The number of carboxylic acid groups (broad SMARTS) is 1. The Morgan fingerprint density at radius 2 is 2.05 bits per heavy atom. The second-order valence-electron chi connectivity index (χ2n) is 5.54. The van der Waals surface area contributed by atoms with Crippen LogP contribution in [-0.4, -0.2) is 57.2 Å². The van der Waals surface area contributed by atoms with E-state index < -0.39 is 12.0 Å². The first-order valence-electron chi connectivity index (χ1n) is 7.51. The van der Waals surface area contributed by atoms with Crippen LogP contribution >= 0.6 is 11.8 Å². The first kappa shape index (κ1) is 15.5. The maximum atomic E-state index is 12.7. The Balaban J connectivity index is 2.10. The number of thioether (sulfide) groups is 1. The first-order chi connectivity index (χ1) is 9.60. The molecule has 2 fully saturated rings. The highest BCUT2D eigenvalue weighted by Gasteiger charge is 2.48. The number of aliphatic carboxylic acids is 1. The number of hydrogen-bond acceptors (Lipinski definition) is 3. The molecule has 6 heteroatoms. The molecule has 1 heterocycles. The Hall–Kier alpha value is -0.910. The lowest BCUT2D eigenvalue weighted by Gasteiger charge is -2.33. The van der Waals surface area contributed by atoms with Crippen LogP contribution < -0.4 is 0 Å². The fourth-order valence-corrected chi connectivity index (χ4v) is 4.23. The van der Waals surface area contributed by atoms with Crippen LogP contribution in [0, 0.1) is 5.92 Å². The van der Waals surface area contributed by atoms with Gasteiger partial charge in [0.05, 0.1) is 5.37 Å². The van der Waals surface area contributed by atoms with Gasteiger partial charge in [0.1, 0.15) is 6.04 Å². The van der Waals surface area contributed by atoms with Crippen LogP contribution in [0.5, 0.6) is 0 Å². The molecular formula is C14H24N2O3S. The van der Waals surface area contributed by atoms with Gasteiger partial charge in [-0.2, -0.15) is 0 Å². The number of rotatable bonds is 6. The highest BCUT2D eigenvalue weighted by molar-refractivity contribution is 8.00. The summed E-state index contributed by atoms with van der Waals surface area (Å²) in [6.45, 7) is 5.41. The number of urea groups is 1. The van der Waals surface area contributed by atoms with Gasteiger partial charge in [0.2, 0.25) is 0 Å². The van der Waals surface area contributed by atoms with E-state index in [1.165, 1.54) is 0 Å². The number of hydrogen-bond donors (Lipinski definition) is 1. The molecule has 1 saturated heterocycles. The van der Waals surface area contributed by atoms with Crippen LogP contribution in [0.1, 0.15) is 39.5 Å². The maximum Gasteiger partial charge on any atom is 0.327 e. The van der Waals surface area contributed by atoms with Crippen molar-refractivity contribution in [3.63, 3.8) is 0 Å². The van der Waals surface area contributed by atoms with E-state index in [-0.39, 0.29) is 11.4 Å². The third-order valence-electron chi connectivity index (χ3n) is 4.00. The molecule has 0 aromatic heterocycles. The van der Waals surface area contributed by atoms with E-state index in [1.54, 1.807) is 21.6 Å². The molecule has 0 aromatic carbocycles. The zero-order valence-corrected chi connectivity index (χ0v) is 13.1. The van der Waals surface area contributed by atoms with Gasteiger partial charge < -0.3 is 10.0 Å². The van der Waals surface area contributed by atoms with E-state index in [1.807, 2.05) is 6.92 Å². The fourth-order valence-electron chi connectivity index (χ4n) is 2.61. The summed E-state index contributed by atoms with van der Waals surface area (Å²) in [7, 11) is 0. The van der Waals surface area contributed by atoms with Gasteiger partial charge in [-0.15, -0.1) is 11.8 Å². The zero-order valence-electron chi connectivity index (χ0n) is 12.2. The number of nitrogens with zero attached hydrogens (tertiary/aromatic N) is 2. The Labute approximate surface area is 124 Å². The van der Waals surface area contributed by atoms with Gasteiger partial charge in [-0.05, 0) is 32.1 Å². The van der Waals surface area contributed by atoms with Crippen molar-refractivity contribution in [1.29, 1.82) is 0 Å². The van der Waals surface area contributed by atoms with Gasteiger partial charge in [-0.1, -0.05) is 13.3 Å². The summed E-state index contributed by atoms with van der Waals surface area (Å²) >= 11 is 1.64. The zero-order chi connectivity index (χ0) is 14.7. The summed E-state index contributed by atoms with van der Waals surface area (Å²) in [6, 6.07) is -0.746. The molecule has 2 unspecified atom stereocenters. The molecule has 1 aliphatic heterocycles. The maximum absolute atomic E-state index is 12.7. The number of amides is 2. The van der Waals surface area contributed by atoms with Crippen molar-refractivity contribution in [3.8, 4) is 0 Å². The van der Waals surface area contributed by atoms with Crippen molar-refractivity contribution in [2.45, 2.75) is 50.9 Å². The highest BCUT2D eigenvalue weighted by atomic mass is 32.2. The summed E-state index contributed by atoms with van der Waals surface area (Å²) in [4.78, 5) is 27.6. The Morgan fingerprint density at radius 1 is 1.35 bits per heavy atom. The van der Waals surface area contributed by atoms with E-state index >= 15 is 0 Å². The molecule has 0 spiro atoms. The van der Waals surface area contributed by atoms with Crippen molar-refractivity contribution in [3.05, 3.63) is 0 Å². The third kappa shape index (κ3) is 3.22. The summed E-state index contributed by atoms with van der Waals surface area (Å²) in [6.07, 6.45) is 4.24. The molecule has 2 rings (SSSR count). The molecule has 0 radical (unpaired) electrons. The Morgan fingerprint density at radius 3 is 2.55 bits per heavy atom. The summed E-state index contributed by atoms with van der Waals surface area (Å²) in [5, 5.41) is 9.43. The lowest BCUT2D eigenvalue weighted by atomic mass is 10.2. The number of carboxylic acids is 1.